The number of rotatable bonds is 12. The van der Waals surface area contributed by atoms with Gasteiger partial charge in [0.05, 0.1) is 17.9 Å². The molecule has 1 aromatic rings. The third-order valence-electron chi connectivity index (χ3n) is 3.28. The van der Waals surface area contributed by atoms with Crippen LogP contribution in [0.25, 0.3) is 0 Å². The molecule has 0 aromatic heterocycles. The Morgan fingerprint density at radius 3 is 2.68 bits per heavy atom. The summed E-state index contributed by atoms with van der Waals surface area (Å²) in [4.78, 5) is 11.1. The molecule has 0 spiro atoms. The van der Waals surface area contributed by atoms with Gasteiger partial charge in [0, 0.05) is 32.9 Å². The maximum Gasteiger partial charge on any atom is 0.335 e. The van der Waals surface area contributed by atoms with Gasteiger partial charge in [-0.25, -0.2) is 17.9 Å². The smallest absolute Gasteiger partial charge is 0.335 e. The molecule has 0 fully saturated rings. The number of hydrogen-bond donors (Lipinski definition) is 3. The molecule has 25 heavy (non-hydrogen) atoms. The molecular weight excluding hydrogens is 348 g/mol. The largest absolute Gasteiger partial charge is 0.478 e. The first-order chi connectivity index (χ1) is 11.8. The van der Waals surface area contributed by atoms with E-state index in [1.807, 2.05) is 6.92 Å². The van der Waals surface area contributed by atoms with Crippen molar-refractivity contribution in [3.63, 3.8) is 0 Å². The number of carboxylic acids is 1. The Hall–Kier alpha value is -1.68. The Kier molecular flexibility index (Phi) is 8.84. The van der Waals surface area contributed by atoms with Gasteiger partial charge in [-0.3, -0.25) is 0 Å². The number of carbonyl (C=O) groups is 1. The van der Waals surface area contributed by atoms with Crippen LogP contribution in [0.3, 0.4) is 0 Å². The Bertz CT molecular complexity index is 663. The first-order valence-electron chi connectivity index (χ1n) is 8.02. The zero-order chi connectivity index (χ0) is 18.9. The van der Waals surface area contributed by atoms with E-state index in [-0.39, 0.29) is 17.1 Å². The summed E-state index contributed by atoms with van der Waals surface area (Å²) in [7, 11) is -2.43. The lowest BCUT2D eigenvalue weighted by molar-refractivity contribution is 0.0696. The fourth-order valence-electron chi connectivity index (χ4n) is 2.18. The molecule has 8 nitrogen and oxygen atoms in total. The number of aromatic carboxylic acids is 1. The van der Waals surface area contributed by atoms with Gasteiger partial charge in [0.2, 0.25) is 10.0 Å². The highest BCUT2D eigenvalue weighted by Gasteiger charge is 2.22. The average Bonchev–Trinajstić information content (AvgIpc) is 2.54. The number of carboxylic acid groups (broad SMARTS) is 1. The molecule has 142 valence electrons. The van der Waals surface area contributed by atoms with Crippen molar-refractivity contribution < 1.29 is 27.8 Å². The minimum atomic E-state index is -3.90. The maximum atomic E-state index is 12.6. The molecule has 0 amide bonds. The van der Waals surface area contributed by atoms with Gasteiger partial charge in [0.1, 0.15) is 4.90 Å². The fraction of sp³-hybridized carbons (Fsp3) is 0.562. The van der Waals surface area contributed by atoms with Crippen molar-refractivity contribution in [2.24, 2.45) is 0 Å². The summed E-state index contributed by atoms with van der Waals surface area (Å²) in [6, 6.07) is 3.52. The first-order valence-corrected chi connectivity index (χ1v) is 9.50. The highest BCUT2D eigenvalue weighted by Crippen LogP contribution is 2.23. The van der Waals surface area contributed by atoms with Crippen LogP contribution in [0.2, 0.25) is 0 Å². The summed E-state index contributed by atoms with van der Waals surface area (Å²) < 4.78 is 37.9. The highest BCUT2D eigenvalue weighted by molar-refractivity contribution is 7.89. The van der Waals surface area contributed by atoms with Crippen molar-refractivity contribution in [3.05, 3.63) is 23.8 Å². The van der Waals surface area contributed by atoms with Crippen LogP contribution in [0.15, 0.2) is 23.1 Å². The molecule has 0 unspecified atom stereocenters. The molecule has 1 rings (SSSR count). The number of benzene rings is 1. The van der Waals surface area contributed by atoms with Crippen molar-refractivity contribution in [3.8, 4) is 0 Å². The number of nitrogens with one attached hydrogen (secondary N) is 2. The van der Waals surface area contributed by atoms with Crippen LogP contribution in [0.1, 0.15) is 30.6 Å². The first kappa shape index (κ1) is 21.4. The van der Waals surface area contributed by atoms with E-state index >= 15 is 0 Å². The van der Waals surface area contributed by atoms with Crippen molar-refractivity contribution in [2.45, 2.75) is 31.2 Å². The molecule has 0 aliphatic carbocycles. The number of sulfonamides is 1. The van der Waals surface area contributed by atoms with E-state index in [0.717, 1.165) is 6.07 Å². The molecule has 1 aromatic carbocycles. The Morgan fingerprint density at radius 2 is 2.08 bits per heavy atom. The van der Waals surface area contributed by atoms with Crippen molar-refractivity contribution in [1.29, 1.82) is 0 Å². The average molecular weight is 374 g/mol. The third-order valence-corrected chi connectivity index (χ3v) is 4.91. The quantitative estimate of drug-likeness (QED) is 0.475. The predicted octanol–water partition coefficient (Wildman–Crippen LogP) is 1.54. The maximum absolute atomic E-state index is 12.6. The molecule has 0 radical (unpaired) electrons. The summed E-state index contributed by atoms with van der Waals surface area (Å²) >= 11 is 0. The molecule has 0 aliphatic rings. The second-order valence-electron chi connectivity index (χ2n) is 5.47. The number of hydrogen-bond acceptors (Lipinski definition) is 6. The standard InChI is InChI=1S/C16H26N2O6S/c1-4-24-9-5-8-17-14-7-6-13(16(19)20)10-15(14)25(21,22)18-12(2)11-23-3/h6-7,10,12,17-18H,4-5,8-9,11H2,1-3H3,(H,19,20)/t12-/m0/s1. The lowest BCUT2D eigenvalue weighted by atomic mass is 10.2. The van der Waals surface area contributed by atoms with E-state index in [4.69, 9.17) is 14.6 Å². The molecule has 3 N–H and O–H groups in total. The molecule has 0 aliphatic heterocycles. The molecular formula is C16H26N2O6S. The van der Waals surface area contributed by atoms with Gasteiger partial charge >= 0.3 is 5.97 Å². The zero-order valence-corrected chi connectivity index (χ0v) is 15.6. The lowest BCUT2D eigenvalue weighted by Gasteiger charge is -2.17. The normalized spacial score (nSPS) is 12.8. The Balaban J connectivity index is 3.02. The summed E-state index contributed by atoms with van der Waals surface area (Å²) in [5.74, 6) is -1.19. The van der Waals surface area contributed by atoms with Crippen molar-refractivity contribution in [1.82, 2.24) is 4.72 Å². The number of ether oxygens (including phenoxy) is 2. The van der Waals surface area contributed by atoms with E-state index in [1.165, 1.54) is 19.2 Å². The van der Waals surface area contributed by atoms with Gasteiger partial charge in [0.15, 0.2) is 0 Å². The van der Waals surface area contributed by atoms with Crippen LogP contribution in [0, 0.1) is 0 Å². The van der Waals surface area contributed by atoms with Crippen molar-refractivity contribution >= 4 is 21.7 Å². The predicted molar refractivity (Wildman–Crippen MR) is 94.7 cm³/mol. The Labute approximate surface area is 148 Å². The van der Waals surface area contributed by atoms with E-state index < -0.39 is 22.0 Å². The number of methoxy groups -OCH3 is 1. The minimum absolute atomic E-state index is 0.0976. The topological polar surface area (TPSA) is 114 Å². The highest BCUT2D eigenvalue weighted by atomic mass is 32.2. The summed E-state index contributed by atoms with van der Waals surface area (Å²) in [6.07, 6.45) is 0.696. The lowest BCUT2D eigenvalue weighted by Crippen LogP contribution is -2.36. The second-order valence-corrected chi connectivity index (χ2v) is 7.15. The van der Waals surface area contributed by atoms with Gasteiger partial charge in [-0.2, -0.15) is 0 Å². The summed E-state index contributed by atoms with van der Waals surface area (Å²) in [5.41, 5.74) is 0.248. The van der Waals surface area contributed by atoms with Crippen LogP contribution in [-0.4, -0.2) is 59.0 Å². The van der Waals surface area contributed by atoms with Gasteiger partial charge in [-0.15, -0.1) is 0 Å². The van der Waals surface area contributed by atoms with E-state index in [2.05, 4.69) is 10.0 Å². The molecule has 9 heteroatoms. The Morgan fingerprint density at radius 1 is 1.36 bits per heavy atom. The fourth-order valence-corrected chi connectivity index (χ4v) is 3.61. The van der Waals surface area contributed by atoms with Gasteiger partial charge in [0.25, 0.3) is 0 Å². The van der Waals surface area contributed by atoms with Gasteiger partial charge < -0.3 is 19.9 Å². The van der Waals surface area contributed by atoms with Crippen LogP contribution in [0.4, 0.5) is 5.69 Å². The van der Waals surface area contributed by atoms with Crippen LogP contribution < -0.4 is 10.0 Å². The monoisotopic (exact) mass is 374 g/mol. The van der Waals surface area contributed by atoms with Crippen LogP contribution in [0.5, 0.6) is 0 Å². The SMILES string of the molecule is CCOCCCNc1ccc(C(=O)O)cc1S(=O)(=O)N[C@@H](C)COC. The van der Waals surface area contributed by atoms with E-state index in [1.54, 1.807) is 6.92 Å². The summed E-state index contributed by atoms with van der Waals surface area (Å²) in [5, 5.41) is 12.2. The number of anilines is 1. The van der Waals surface area contributed by atoms with Gasteiger partial charge in [-0.05, 0) is 38.5 Å². The molecule has 0 bridgehead atoms. The molecule has 0 saturated heterocycles. The minimum Gasteiger partial charge on any atom is -0.478 e. The van der Waals surface area contributed by atoms with Crippen LogP contribution >= 0.6 is 0 Å². The molecule has 0 saturated carbocycles. The second kappa shape index (κ2) is 10.3. The van der Waals surface area contributed by atoms with Crippen LogP contribution in [-0.2, 0) is 19.5 Å². The third kappa shape index (κ3) is 6.99. The molecule has 0 heterocycles. The van der Waals surface area contributed by atoms with Gasteiger partial charge in [-0.1, -0.05) is 0 Å². The zero-order valence-electron chi connectivity index (χ0n) is 14.7. The molecule has 1 atom stereocenters. The van der Waals surface area contributed by atoms with Crippen molar-refractivity contribution in [2.75, 3.05) is 38.8 Å². The summed E-state index contributed by atoms with van der Waals surface area (Å²) in [6.45, 7) is 5.45. The van der Waals surface area contributed by atoms with E-state index in [0.29, 0.717) is 31.9 Å². The van der Waals surface area contributed by atoms with E-state index in [9.17, 15) is 13.2 Å².